The van der Waals surface area contributed by atoms with Crippen molar-refractivity contribution < 1.29 is 38.7 Å². The van der Waals surface area contributed by atoms with Gasteiger partial charge in [-0.1, -0.05) is 6.08 Å². The molecular weight excluding hydrogens is 404 g/mol. The number of nitrogens with zero attached hydrogens (tertiary/aromatic N) is 2. The van der Waals surface area contributed by atoms with E-state index in [1.165, 1.54) is 0 Å². The third-order valence-corrected chi connectivity index (χ3v) is 4.59. The Morgan fingerprint density at radius 2 is 1.35 bits per heavy atom. The van der Waals surface area contributed by atoms with Crippen molar-refractivity contribution in [3.05, 3.63) is 12.7 Å². The number of hydrogen-bond acceptors (Lipinski definition) is 3. The Morgan fingerprint density at radius 3 is 1.62 bits per heavy atom. The maximum absolute atomic E-state index is 10.7. The fourth-order valence-corrected chi connectivity index (χ4v) is 3.22. The van der Waals surface area contributed by atoms with Crippen LogP contribution >= 0.6 is 16.3 Å². The van der Waals surface area contributed by atoms with Crippen LogP contribution in [0, 0.1) is 0 Å². The topological polar surface area (TPSA) is 21.7 Å². The van der Waals surface area contributed by atoms with Gasteiger partial charge < -0.3 is 13.5 Å². The molecule has 0 amide bonds. The fourth-order valence-electron chi connectivity index (χ4n) is 1.65. The summed E-state index contributed by atoms with van der Waals surface area (Å²) in [6, 6.07) is 0.806. The summed E-state index contributed by atoms with van der Waals surface area (Å²) >= 11 is 0. The van der Waals surface area contributed by atoms with Crippen molar-refractivity contribution in [3.8, 4) is 0 Å². The molecule has 0 aliphatic heterocycles. The van der Waals surface area contributed by atoms with Crippen LogP contribution in [0.1, 0.15) is 27.7 Å². The van der Waals surface area contributed by atoms with Crippen LogP contribution in [0.25, 0.3) is 0 Å². The Hall–Kier alpha value is 0.0200. The SMILES string of the molecule is C=CCOP(OCC[N+](C)(C)C)N(C(C)C)C(C)C.F[P-](F)(F)(F)(F)F. The first kappa shape index (κ1) is 28.2. The second kappa shape index (κ2) is 9.48. The average molecular weight is 436 g/mol. The van der Waals surface area contributed by atoms with E-state index in [9.17, 15) is 25.2 Å². The molecule has 0 heterocycles. The first-order valence-electron chi connectivity index (χ1n) is 7.96. The molecule has 0 aromatic heterocycles. The third kappa shape index (κ3) is 24.0. The predicted octanol–water partition coefficient (Wildman–Crippen LogP) is 6.64. The van der Waals surface area contributed by atoms with Crippen LogP contribution in [0.5, 0.6) is 0 Å². The molecule has 0 aliphatic carbocycles. The van der Waals surface area contributed by atoms with E-state index in [1.54, 1.807) is 6.08 Å². The van der Waals surface area contributed by atoms with Gasteiger partial charge in [0.1, 0.15) is 13.2 Å². The van der Waals surface area contributed by atoms with E-state index in [1.807, 2.05) is 0 Å². The molecule has 1 unspecified atom stereocenters. The van der Waals surface area contributed by atoms with Gasteiger partial charge in [-0.2, -0.15) is 0 Å². The molecule has 0 fully saturated rings. The van der Waals surface area contributed by atoms with Gasteiger partial charge in [0.25, 0.3) is 8.53 Å². The standard InChI is InChI=1S/C14H32N2O2P.F6P/c1-9-11-17-19(15(13(2)3)14(4)5)18-12-10-16(6,7)8;1-7(2,3,4,5)6/h9,13-14H,1,10-12H2,2-8H3;/q+1;-1. The van der Waals surface area contributed by atoms with Crippen LogP contribution in [-0.4, -0.2) is 62.1 Å². The van der Waals surface area contributed by atoms with Gasteiger partial charge in [-0.3, -0.25) is 0 Å². The number of quaternary nitrogens is 1. The number of likely N-dealkylation sites (N-methyl/N-ethyl adjacent to an activating group) is 1. The molecule has 12 heteroatoms. The number of halogens is 6. The van der Waals surface area contributed by atoms with Crippen molar-refractivity contribution in [2.75, 3.05) is 40.9 Å². The average Bonchev–Trinajstić information content (AvgIpc) is 2.28. The van der Waals surface area contributed by atoms with Gasteiger partial charge in [0.15, 0.2) is 0 Å². The van der Waals surface area contributed by atoms with Gasteiger partial charge >= 0.3 is 33.0 Å². The second-order valence-corrected chi connectivity index (χ2v) is 10.6. The zero-order chi connectivity index (χ0) is 21.5. The molecule has 1 atom stereocenters. The zero-order valence-corrected chi connectivity index (χ0v) is 18.2. The van der Waals surface area contributed by atoms with E-state index in [0.717, 1.165) is 11.0 Å². The first-order chi connectivity index (χ1) is 11.1. The van der Waals surface area contributed by atoms with Crippen LogP contribution in [0.4, 0.5) is 25.2 Å². The Kier molecular flexibility index (Phi) is 10.3. The molecule has 162 valence electrons. The molecule has 0 saturated carbocycles. The van der Waals surface area contributed by atoms with E-state index < -0.39 is 16.3 Å². The van der Waals surface area contributed by atoms with Crippen molar-refractivity contribution in [2.45, 2.75) is 39.8 Å². The van der Waals surface area contributed by atoms with Gasteiger partial charge in [-0.25, -0.2) is 4.67 Å². The van der Waals surface area contributed by atoms with Crippen LogP contribution < -0.4 is 0 Å². The van der Waals surface area contributed by atoms with Crippen molar-refractivity contribution in [3.63, 3.8) is 0 Å². The molecule has 26 heavy (non-hydrogen) atoms. The van der Waals surface area contributed by atoms with Crippen molar-refractivity contribution in [1.82, 2.24) is 4.67 Å². The van der Waals surface area contributed by atoms with Crippen LogP contribution in [0.15, 0.2) is 12.7 Å². The summed E-state index contributed by atoms with van der Waals surface area (Å²) in [6.45, 7) is 14.6. The first-order valence-corrected chi connectivity index (χ1v) is 11.1. The van der Waals surface area contributed by atoms with Crippen LogP contribution in [0.2, 0.25) is 0 Å². The van der Waals surface area contributed by atoms with E-state index in [0.29, 0.717) is 25.3 Å². The minimum atomic E-state index is -10.7. The summed E-state index contributed by atoms with van der Waals surface area (Å²) in [5.41, 5.74) is 0. The summed E-state index contributed by atoms with van der Waals surface area (Å²) in [6.07, 6.45) is 1.78. The summed E-state index contributed by atoms with van der Waals surface area (Å²) in [5.74, 6) is 0. The molecule has 0 aromatic rings. The molecule has 0 aromatic carbocycles. The van der Waals surface area contributed by atoms with Gasteiger partial charge in [-0.05, 0) is 27.7 Å². The Balaban J connectivity index is 0. The summed E-state index contributed by atoms with van der Waals surface area (Å²) < 4.78 is 74.2. The Labute approximate surface area is 153 Å². The molecule has 0 rings (SSSR count). The van der Waals surface area contributed by atoms with E-state index in [4.69, 9.17) is 9.05 Å². The molecule has 0 radical (unpaired) electrons. The molecule has 0 spiro atoms. The summed E-state index contributed by atoms with van der Waals surface area (Å²) in [4.78, 5) is 0. The molecule has 0 aliphatic rings. The Bertz CT molecular complexity index is 405. The van der Waals surface area contributed by atoms with Crippen molar-refractivity contribution in [1.29, 1.82) is 0 Å². The summed E-state index contributed by atoms with van der Waals surface area (Å²) in [5, 5.41) is 0. The molecule has 0 N–H and O–H groups in total. The summed E-state index contributed by atoms with van der Waals surface area (Å²) in [7, 11) is -5.17. The zero-order valence-electron chi connectivity index (χ0n) is 16.4. The predicted molar refractivity (Wildman–Crippen MR) is 97.6 cm³/mol. The van der Waals surface area contributed by atoms with Crippen LogP contribution in [-0.2, 0) is 9.05 Å². The second-order valence-electron chi connectivity index (χ2n) is 7.20. The van der Waals surface area contributed by atoms with Crippen molar-refractivity contribution >= 4 is 16.3 Å². The van der Waals surface area contributed by atoms with E-state index in [-0.39, 0.29) is 0 Å². The van der Waals surface area contributed by atoms with E-state index >= 15 is 0 Å². The third-order valence-electron chi connectivity index (χ3n) is 2.51. The van der Waals surface area contributed by atoms with E-state index in [2.05, 4.69) is 60.1 Å². The number of hydrogen-bond donors (Lipinski definition) is 0. The molecule has 4 nitrogen and oxygen atoms in total. The molecule has 0 saturated heterocycles. The van der Waals surface area contributed by atoms with Gasteiger partial charge in [0.05, 0.1) is 27.7 Å². The number of rotatable bonds is 10. The normalized spacial score (nSPS) is 16.8. The van der Waals surface area contributed by atoms with Gasteiger partial charge in [-0.15, -0.1) is 6.58 Å². The van der Waals surface area contributed by atoms with Crippen LogP contribution in [0.3, 0.4) is 0 Å². The minimum absolute atomic E-state index is 0.403. The Morgan fingerprint density at radius 1 is 0.962 bits per heavy atom. The van der Waals surface area contributed by atoms with Gasteiger partial charge in [0.2, 0.25) is 0 Å². The molecule has 0 bridgehead atoms. The monoisotopic (exact) mass is 436 g/mol. The quantitative estimate of drug-likeness (QED) is 0.166. The maximum atomic E-state index is 9.87. The van der Waals surface area contributed by atoms with Crippen molar-refractivity contribution in [2.24, 2.45) is 0 Å². The van der Waals surface area contributed by atoms with Gasteiger partial charge in [0, 0.05) is 12.1 Å². The fraction of sp³-hybridized carbons (Fsp3) is 0.857. The molecular formula is C14H32F6N2O2P2.